The molecule has 0 aliphatic carbocycles. The SMILES string of the molecule is CC(CN(CCO)CC(F)(F)F)C(=O)c1ccc(F)cn1. The van der Waals surface area contributed by atoms with Gasteiger partial charge in [-0.1, -0.05) is 6.92 Å². The molecule has 0 aliphatic rings. The minimum absolute atomic E-state index is 0.000132. The van der Waals surface area contributed by atoms with Crippen molar-refractivity contribution in [3.8, 4) is 0 Å². The molecule has 0 saturated heterocycles. The van der Waals surface area contributed by atoms with Crippen LogP contribution in [-0.2, 0) is 0 Å². The van der Waals surface area contributed by atoms with Gasteiger partial charge < -0.3 is 5.11 Å². The van der Waals surface area contributed by atoms with Crippen LogP contribution in [0.4, 0.5) is 17.6 Å². The summed E-state index contributed by atoms with van der Waals surface area (Å²) in [5.74, 6) is -1.82. The minimum atomic E-state index is -4.41. The molecule has 0 spiro atoms. The van der Waals surface area contributed by atoms with Crippen molar-refractivity contribution in [2.24, 2.45) is 5.92 Å². The molecule has 1 heterocycles. The van der Waals surface area contributed by atoms with Crippen LogP contribution in [0.1, 0.15) is 17.4 Å². The summed E-state index contributed by atoms with van der Waals surface area (Å²) < 4.78 is 49.9. The Hall–Kier alpha value is -1.54. The van der Waals surface area contributed by atoms with E-state index in [1.54, 1.807) is 0 Å². The van der Waals surface area contributed by atoms with Crippen LogP contribution in [0.5, 0.6) is 0 Å². The third kappa shape index (κ3) is 6.17. The lowest BCUT2D eigenvalue weighted by atomic mass is 10.0. The van der Waals surface area contributed by atoms with Crippen molar-refractivity contribution in [2.45, 2.75) is 13.1 Å². The summed E-state index contributed by atoms with van der Waals surface area (Å²) in [7, 11) is 0. The molecule has 118 valence electrons. The van der Waals surface area contributed by atoms with Gasteiger partial charge in [0, 0.05) is 19.0 Å². The molecule has 4 nitrogen and oxygen atoms in total. The van der Waals surface area contributed by atoms with Crippen LogP contribution in [0.2, 0.25) is 0 Å². The molecule has 0 bridgehead atoms. The highest BCUT2D eigenvalue weighted by Gasteiger charge is 2.32. The molecule has 8 heteroatoms. The third-order valence-corrected chi connectivity index (χ3v) is 2.78. The maximum atomic E-state index is 12.7. The summed E-state index contributed by atoms with van der Waals surface area (Å²) >= 11 is 0. The average Bonchev–Trinajstić information content (AvgIpc) is 2.37. The van der Waals surface area contributed by atoms with E-state index in [0.29, 0.717) is 0 Å². The fourth-order valence-corrected chi connectivity index (χ4v) is 1.87. The number of Topliss-reactive ketones (excluding diaryl/α,β-unsaturated/α-hetero) is 1. The van der Waals surface area contributed by atoms with Gasteiger partial charge >= 0.3 is 6.18 Å². The number of aliphatic hydroxyl groups excluding tert-OH is 1. The second kappa shape index (κ2) is 7.46. The molecule has 0 aromatic carbocycles. The number of hydrogen-bond acceptors (Lipinski definition) is 4. The third-order valence-electron chi connectivity index (χ3n) is 2.78. The van der Waals surface area contributed by atoms with E-state index >= 15 is 0 Å². The van der Waals surface area contributed by atoms with Gasteiger partial charge in [-0.2, -0.15) is 13.2 Å². The number of pyridine rings is 1. The molecule has 1 atom stereocenters. The summed E-state index contributed by atoms with van der Waals surface area (Å²) in [6.45, 7) is -0.534. The zero-order valence-corrected chi connectivity index (χ0v) is 11.4. The lowest BCUT2D eigenvalue weighted by Gasteiger charge is -2.25. The number of rotatable bonds is 7. The molecular weight excluding hydrogens is 292 g/mol. The van der Waals surface area contributed by atoms with Gasteiger partial charge in [0.05, 0.1) is 19.3 Å². The van der Waals surface area contributed by atoms with Crippen LogP contribution < -0.4 is 0 Å². The lowest BCUT2D eigenvalue weighted by Crippen LogP contribution is -2.40. The van der Waals surface area contributed by atoms with Crippen molar-refractivity contribution < 1.29 is 27.5 Å². The van der Waals surface area contributed by atoms with Crippen LogP contribution in [0.15, 0.2) is 18.3 Å². The first-order valence-corrected chi connectivity index (χ1v) is 6.28. The predicted molar refractivity (Wildman–Crippen MR) is 67.3 cm³/mol. The van der Waals surface area contributed by atoms with Gasteiger partial charge in [-0.15, -0.1) is 0 Å². The Morgan fingerprint density at radius 2 is 2.10 bits per heavy atom. The van der Waals surface area contributed by atoms with E-state index in [1.807, 2.05) is 0 Å². The van der Waals surface area contributed by atoms with Crippen molar-refractivity contribution >= 4 is 5.78 Å². The van der Waals surface area contributed by atoms with Gasteiger partial charge in [0.25, 0.3) is 0 Å². The monoisotopic (exact) mass is 308 g/mol. The molecule has 0 radical (unpaired) electrons. The molecule has 0 aliphatic heterocycles. The van der Waals surface area contributed by atoms with E-state index in [-0.39, 0.29) is 18.8 Å². The lowest BCUT2D eigenvalue weighted by molar-refractivity contribution is -0.147. The van der Waals surface area contributed by atoms with Crippen molar-refractivity contribution in [1.29, 1.82) is 0 Å². The molecule has 1 rings (SSSR count). The Labute approximate surface area is 119 Å². The number of carbonyl (C=O) groups excluding carboxylic acids is 1. The van der Waals surface area contributed by atoms with E-state index < -0.39 is 36.8 Å². The first kappa shape index (κ1) is 17.5. The van der Waals surface area contributed by atoms with E-state index in [9.17, 15) is 22.4 Å². The summed E-state index contributed by atoms with van der Waals surface area (Å²) in [4.78, 5) is 16.6. The van der Waals surface area contributed by atoms with Crippen molar-refractivity contribution in [1.82, 2.24) is 9.88 Å². The molecule has 1 aromatic heterocycles. The zero-order valence-electron chi connectivity index (χ0n) is 11.4. The van der Waals surface area contributed by atoms with Crippen LogP contribution in [-0.4, -0.2) is 53.2 Å². The Balaban J connectivity index is 2.69. The smallest absolute Gasteiger partial charge is 0.395 e. The number of alkyl halides is 3. The molecule has 1 unspecified atom stereocenters. The van der Waals surface area contributed by atoms with E-state index in [2.05, 4.69) is 4.98 Å². The van der Waals surface area contributed by atoms with Gasteiger partial charge in [0.2, 0.25) is 0 Å². The van der Waals surface area contributed by atoms with E-state index in [0.717, 1.165) is 17.2 Å². The van der Waals surface area contributed by atoms with E-state index in [4.69, 9.17) is 5.11 Å². The fourth-order valence-electron chi connectivity index (χ4n) is 1.87. The highest BCUT2D eigenvalue weighted by Crippen LogP contribution is 2.18. The molecule has 21 heavy (non-hydrogen) atoms. The second-order valence-electron chi connectivity index (χ2n) is 4.70. The van der Waals surface area contributed by atoms with Gasteiger partial charge in [0.15, 0.2) is 5.78 Å². The quantitative estimate of drug-likeness (QED) is 0.617. The van der Waals surface area contributed by atoms with E-state index in [1.165, 1.54) is 13.0 Å². The second-order valence-corrected chi connectivity index (χ2v) is 4.70. The maximum Gasteiger partial charge on any atom is 0.401 e. The number of aromatic nitrogens is 1. The molecular formula is C13H16F4N2O2. The van der Waals surface area contributed by atoms with Gasteiger partial charge in [-0.05, 0) is 12.1 Å². The number of carbonyl (C=O) groups is 1. The highest BCUT2D eigenvalue weighted by atomic mass is 19.4. The van der Waals surface area contributed by atoms with Crippen LogP contribution in [0.25, 0.3) is 0 Å². The number of aliphatic hydroxyl groups is 1. The Morgan fingerprint density at radius 3 is 2.57 bits per heavy atom. The van der Waals surface area contributed by atoms with Crippen LogP contribution in [0, 0.1) is 11.7 Å². The Kier molecular flexibility index (Phi) is 6.22. The van der Waals surface area contributed by atoms with Gasteiger partial charge in [-0.3, -0.25) is 14.7 Å². The number of nitrogens with zero attached hydrogens (tertiary/aromatic N) is 2. The number of hydrogen-bond donors (Lipinski definition) is 1. The first-order valence-electron chi connectivity index (χ1n) is 6.28. The Morgan fingerprint density at radius 1 is 1.43 bits per heavy atom. The van der Waals surface area contributed by atoms with Gasteiger partial charge in [0.1, 0.15) is 11.5 Å². The fraction of sp³-hybridized carbons (Fsp3) is 0.538. The van der Waals surface area contributed by atoms with Crippen LogP contribution in [0.3, 0.4) is 0 Å². The summed E-state index contributed by atoms with van der Waals surface area (Å²) in [6, 6.07) is 2.25. The maximum absolute atomic E-state index is 12.7. The zero-order chi connectivity index (χ0) is 16.0. The molecule has 0 fully saturated rings. The minimum Gasteiger partial charge on any atom is -0.395 e. The summed E-state index contributed by atoms with van der Waals surface area (Å²) in [6.07, 6.45) is -3.53. The van der Waals surface area contributed by atoms with Crippen molar-refractivity contribution in [3.05, 3.63) is 29.8 Å². The Bertz CT molecular complexity index is 462. The molecule has 0 amide bonds. The number of halogens is 4. The van der Waals surface area contributed by atoms with Crippen LogP contribution >= 0.6 is 0 Å². The standard InChI is InChI=1S/C13H16F4N2O2/c1-9(7-19(4-5-20)8-13(15,16)17)12(21)11-3-2-10(14)6-18-11/h2-3,6,9,20H,4-5,7-8H2,1H3. The highest BCUT2D eigenvalue weighted by molar-refractivity contribution is 5.95. The largest absolute Gasteiger partial charge is 0.401 e. The normalized spacial score (nSPS) is 13.5. The summed E-state index contributed by atoms with van der Waals surface area (Å²) in [5.41, 5.74) is -0.000132. The molecule has 1 N–H and O–H groups in total. The summed E-state index contributed by atoms with van der Waals surface area (Å²) in [5, 5.41) is 8.78. The first-order chi connectivity index (χ1) is 9.73. The predicted octanol–water partition coefficient (Wildman–Crippen LogP) is 1.90. The molecule has 0 saturated carbocycles. The number of ketones is 1. The van der Waals surface area contributed by atoms with Gasteiger partial charge in [-0.25, -0.2) is 4.39 Å². The molecule has 1 aromatic rings. The average molecular weight is 308 g/mol. The topological polar surface area (TPSA) is 53.4 Å². The van der Waals surface area contributed by atoms with Crippen molar-refractivity contribution in [3.63, 3.8) is 0 Å². The van der Waals surface area contributed by atoms with Crippen molar-refractivity contribution in [2.75, 3.05) is 26.2 Å².